The molecule has 0 atom stereocenters. The zero-order valence-electron chi connectivity index (χ0n) is 8.43. The van der Waals surface area contributed by atoms with Gasteiger partial charge in [0.15, 0.2) is 5.82 Å². The smallest absolute Gasteiger partial charge is 0.276 e. The van der Waals surface area contributed by atoms with E-state index < -0.39 is 0 Å². The molecule has 0 bridgehead atoms. The zero-order valence-corrected chi connectivity index (χ0v) is 9.25. The van der Waals surface area contributed by atoms with E-state index in [4.69, 9.17) is 5.73 Å². The molecule has 16 heavy (non-hydrogen) atoms. The second kappa shape index (κ2) is 4.75. The first-order valence-corrected chi connectivity index (χ1v) is 5.66. The number of nitrogen functional groups attached to an aromatic ring is 1. The van der Waals surface area contributed by atoms with Crippen molar-refractivity contribution in [3.8, 4) is 0 Å². The van der Waals surface area contributed by atoms with Crippen LogP contribution in [-0.2, 0) is 6.42 Å². The van der Waals surface area contributed by atoms with Crippen LogP contribution in [0.25, 0.3) is 0 Å². The number of H-pyrrole nitrogens is 1. The molecule has 0 aromatic carbocycles. The molecule has 0 spiro atoms. The Labute approximate surface area is 95.6 Å². The minimum Gasteiger partial charge on any atom is -0.391 e. The van der Waals surface area contributed by atoms with E-state index in [-0.39, 0.29) is 11.2 Å². The molecule has 6 nitrogen and oxygen atoms in total. The van der Waals surface area contributed by atoms with Crippen molar-refractivity contribution >= 4 is 22.8 Å². The van der Waals surface area contributed by atoms with E-state index in [1.807, 2.05) is 5.38 Å². The molecule has 0 unspecified atom stereocenters. The lowest BCUT2D eigenvalue weighted by atomic mass is 10.3. The molecule has 0 radical (unpaired) electrons. The summed E-state index contributed by atoms with van der Waals surface area (Å²) >= 11 is 1.56. The Morgan fingerprint density at radius 1 is 1.50 bits per heavy atom. The first-order chi connectivity index (χ1) is 7.77. The van der Waals surface area contributed by atoms with Crippen molar-refractivity contribution in [3.05, 3.63) is 33.3 Å². The van der Waals surface area contributed by atoms with Gasteiger partial charge in [-0.25, -0.2) is 9.97 Å². The van der Waals surface area contributed by atoms with Crippen molar-refractivity contribution in [3.63, 3.8) is 0 Å². The van der Waals surface area contributed by atoms with Gasteiger partial charge in [0, 0.05) is 18.3 Å². The maximum atomic E-state index is 11.2. The van der Waals surface area contributed by atoms with Crippen LogP contribution in [0, 0.1) is 0 Å². The quantitative estimate of drug-likeness (QED) is 0.718. The average molecular weight is 237 g/mol. The van der Waals surface area contributed by atoms with Gasteiger partial charge in [0.25, 0.3) is 5.56 Å². The van der Waals surface area contributed by atoms with Gasteiger partial charge < -0.3 is 16.0 Å². The number of thiazole rings is 1. The summed E-state index contributed by atoms with van der Waals surface area (Å²) in [4.78, 5) is 21.7. The van der Waals surface area contributed by atoms with Gasteiger partial charge in [-0.1, -0.05) is 0 Å². The molecule has 0 aliphatic heterocycles. The van der Waals surface area contributed by atoms with Crippen LogP contribution < -0.4 is 16.6 Å². The van der Waals surface area contributed by atoms with Crippen LogP contribution in [0.5, 0.6) is 0 Å². The Balaban J connectivity index is 1.95. The molecule has 0 aliphatic rings. The number of aromatic nitrogens is 3. The van der Waals surface area contributed by atoms with Crippen LogP contribution in [0.15, 0.2) is 22.0 Å². The molecule has 84 valence electrons. The van der Waals surface area contributed by atoms with Crippen LogP contribution in [0.3, 0.4) is 0 Å². The monoisotopic (exact) mass is 237 g/mol. The van der Waals surface area contributed by atoms with Crippen molar-refractivity contribution in [2.75, 3.05) is 17.6 Å². The van der Waals surface area contributed by atoms with E-state index in [9.17, 15) is 4.79 Å². The number of nitrogens with zero attached hydrogens (tertiary/aromatic N) is 2. The number of aromatic amines is 1. The molecule has 2 aromatic heterocycles. The summed E-state index contributed by atoms with van der Waals surface area (Å²) in [6, 6.07) is 0. The van der Waals surface area contributed by atoms with E-state index in [1.165, 1.54) is 6.33 Å². The van der Waals surface area contributed by atoms with E-state index in [0.717, 1.165) is 12.1 Å². The van der Waals surface area contributed by atoms with Gasteiger partial charge in [-0.2, -0.15) is 0 Å². The standard InChI is InChI=1S/C9H11N5OS/c10-7-8(12-4-13-9(7)15)11-2-1-6-3-16-5-14-6/h3-5H,1-2,10H2,(H2,11,12,13,15). The van der Waals surface area contributed by atoms with Crippen LogP contribution in [-0.4, -0.2) is 21.5 Å². The third kappa shape index (κ3) is 2.37. The van der Waals surface area contributed by atoms with Gasteiger partial charge in [-0.15, -0.1) is 11.3 Å². The summed E-state index contributed by atoms with van der Waals surface area (Å²) in [6.07, 6.45) is 2.10. The Kier molecular flexibility index (Phi) is 3.16. The molecule has 7 heteroatoms. The molecule has 0 saturated heterocycles. The molecule has 0 aliphatic carbocycles. The molecule has 4 N–H and O–H groups in total. The van der Waals surface area contributed by atoms with Crippen LogP contribution in [0.2, 0.25) is 0 Å². The summed E-state index contributed by atoms with van der Waals surface area (Å²) in [5, 5.41) is 4.98. The lowest BCUT2D eigenvalue weighted by Crippen LogP contribution is -2.17. The highest BCUT2D eigenvalue weighted by Gasteiger charge is 2.03. The average Bonchev–Trinajstić information content (AvgIpc) is 2.77. The maximum absolute atomic E-state index is 11.2. The third-order valence-corrected chi connectivity index (χ3v) is 2.68. The molecule has 0 saturated carbocycles. The highest BCUT2D eigenvalue weighted by molar-refractivity contribution is 7.07. The minimum absolute atomic E-state index is 0.112. The summed E-state index contributed by atoms with van der Waals surface area (Å²) in [5.41, 5.74) is 8.15. The number of hydrogen-bond donors (Lipinski definition) is 3. The first kappa shape index (κ1) is 10.6. The highest BCUT2D eigenvalue weighted by atomic mass is 32.1. The predicted molar refractivity (Wildman–Crippen MR) is 63.6 cm³/mol. The summed E-state index contributed by atoms with van der Waals surface area (Å²) in [6.45, 7) is 0.643. The summed E-state index contributed by atoms with van der Waals surface area (Å²) in [7, 11) is 0. The van der Waals surface area contributed by atoms with Gasteiger partial charge in [-0.05, 0) is 0 Å². The van der Waals surface area contributed by atoms with Crippen molar-refractivity contribution in [2.24, 2.45) is 0 Å². The summed E-state index contributed by atoms with van der Waals surface area (Å²) in [5.74, 6) is 0.416. The third-order valence-electron chi connectivity index (χ3n) is 2.05. The first-order valence-electron chi connectivity index (χ1n) is 4.71. The Morgan fingerprint density at radius 2 is 2.38 bits per heavy atom. The van der Waals surface area contributed by atoms with Crippen molar-refractivity contribution in [1.29, 1.82) is 0 Å². The molecular weight excluding hydrogens is 226 g/mol. The topological polar surface area (TPSA) is 96.7 Å². The second-order valence-corrected chi connectivity index (χ2v) is 3.87. The fourth-order valence-electron chi connectivity index (χ4n) is 1.22. The van der Waals surface area contributed by atoms with E-state index in [0.29, 0.717) is 12.4 Å². The van der Waals surface area contributed by atoms with Gasteiger partial charge in [0.05, 0.1) is 17.5 Å². The molecule has 2 rings (SSSR count). The number of nitrogens with one attached hydrogen (secondary N) is 2. The lowest BCUT2D eigenvalue weighted by molar-refractivity contribution is 0.963. The number of hydrogen-bond acceptors (Lipinski definition) is 6. The second-order valence-electron chi connectivity index (χ2n) is 3.15. The Hall–Kier alpha value is -1.89. The van der Waals surface area contributed by atoms with Gasteiger partial charge in [0.1, 0.15) is 5.69 Å². The van der Waals surface area contributed by atoms with E-state index >= 15 is 0 Å². The SMILES string of the molecule is Nc1c(NCCc2cscn2)nc[nH]c1=O. The zero-order chi connectivity index (χ0) is 11.4. The molecule has 2 heterocycles. The molecular formula is C9H11N5OS. The fourth-order valence-corrected chi connectivity index (χ4v) is 1.81. The highest BCUT2D eigenvalue weighted by Crippen LogP contribution is 2.07. The van der Waals surface area contributed by atoms with Crippen molar-refractivity contribution in [1.82, 2.24) is 15.0 Å². The van der Waals surface area contributed by atoms with Crippen LogP contribution in [0.4, 0.5) is 11.5 Å². The van der Waals surface area contributed by atoms with Crippen LogP contribution in [0.1, 0.15) is 5.69 Å². The number of rotatable bonds is 4. The minimum atomic E-state index is -0.328. The maximum Gasteiger partial charge on any atom is 0.276 e. The Bertz CT molecular complexity index is 507. The fraction of sp³-hybridized carbons (Fsp3) is 0.222. The predicted octanol–water partition coefficient (Wildman–Crippen LogP) is 0.463. The number of nitrogens with two attached hydrogens (primary N) is 1. The number of anilines is 2. The Morgan fingerprint density at radius 3 is 3.12 bits per heavy atom. The van der Waals surface area contributed by atoms with E-state index in [1.54, 1.807) is 16.8 Å². The van der Waals surface area contributed by atoms with Crippen molar-refractivity contribution < 1.29 is 0 Å². The molecule has 2 aromatic rings. The van der Waals surface area contributed by atoms with Gasteiger partial charge >= 0.3 is 0 Å². The van der Waals surface area contributed by atoms with Crippen LogP contribution >= 0.6 is 11.3 Å². The normalized spacial score (nSPS) is 10.2. The van der Waals surface area contributed by atoms with Gasteiger partial charge in [-0.3, -0.25) is 4.79 Å². The van der Waals surface area contributed by atoms with Gasteiger partial charge in [0.2, 0.25) is 0 Å². The van der Waals surface area contributed by atoms with Crippen molar-refractivity contribution in [2.45, 2.75) is 6.42 Å². The lowest BCUT2D eigenvalue weighted by Gasteiger charge is -2.05. The molecule has 0 fully saturated rings. The van der Waals surface area contributed by atoms with E-state index in [2.05, 4.69) is 20.3 Å². The summed E-state index contributed by atoms with van der Waals surface area (Å²) < 4.78 is 0. The molecule has 0 amide bonds. The largest absolute Gasteiger partial charge is 0.391 e.